The van der Waals surface area contributed by atoms with Gasteiger partial charge in [0.25, 0.3) is 5.91 Å². The quantitative estimate of drug-likeness (QED) is 0.760. The van der Waals surface area contributed by atoms with Gasteiger partial charge in [-0.2, -0.15) is 5.21 Å². The molecule has 8 heteroatoms. The van der Waals surface area contributed by atoms with Crippen molar-refractivity contribution in [2.75, 3.05) is 38.2 Å². The number of aromatic nitrogens is 4. The highest BCUT2D eigenvalue weighted by Gasteiger charge is 2.22. The van der Waals surface area contributed by atoms with E-state index in [9.17, 15) is 4.79 Å². The van der Waals surface area contributed by atoms with E-state index in [1.54, 1.807) is 7.11 Å². The molecule has 1 fully saturated rings. The molecule has 138 valence electrons. The number of benzene rings is 2. The number of anilines is 1. The summed E-state index contributed by atoms with van der Waals surface area (Å²) in [5, 5.41) is 13.9. The molecule has 1 aliphatic heterocycles. The van der Waals surface area contributed by atoms with Crippen LogP contribution in [0.1, 0.15) is 10.4 Å². The third-order valence-corrected chi connectivity index (χ3v) is 4.74. The number of ether oxygens (including phenoxy) is 1. The fraction of sp³-hybridized carbons (Fsp3) is 0.263. The lowest BCUT2D eigenvalue weighted by Gasteiger charge is -2.36. The van der Waals surface area contributed by atoms with Crippen LogP contribution in [0, 0.1) is 0 Å². The summed E-state index contributed by atoms with van der Waals surface area (Å²) in [7, 11) is 1.66. The number of carbonyl (C=O) groups is 1. The molecule has 1 saturated heterocycles. The van der Waals surface area contributed by atoms with E-state index in [4.69, 9.17) is 4.74 Å². The Balaban J connectivity index is 1.38. The average Bonchev–Trinajstić information content (AvgIpc) is 3.28. The van der Waals surface area contributed by atoms with E-state index in [0.717, 1.165) is 30.1 Å². The van der Waals surface area contributed by atoms with Crippen molar-refractivity contribution in [3.63, 3.8) is 0 Å². The van der Waals surface area contributed by atoms with E-state index < -0.39 is 0 Å². The van der Waals surface area contributed by atoms with Gasteiger partial charge in [-0.25, -0.2) is 0 Å². The number of rotatable bonds is 4. The zero-order chi connectivity index (χ0) is 18.6. The van der Waals surface area contributed by atoms with Gasteiger partial charge in [-0.05, 0) is 41.6 Å². The van der Waals surface area contributed by atoms with Crippen molar-refractivity contribution >= 4 is 11.6 Å². The van der Waals surface area contributed by atoms with Crippen molar-refractivity contribution in [1.29, 1.82) is 0 Å². The number of tetrazole rings is 1. The van der Waals surface area contributed by atoms with Crippen LogP contribution >= 0.6 is 0 Å². The van der Waals surface area contributed by atoms with Crippen LogP contribution in [-0.4, -0.2) is 64.7 Å². The topological polar surface area (TPSA) is 87.2 Å². The number of piperazine rings is 1. The molecular formula is C19H20N6O2. The highest BCUT2D eigenvalue weighted by atomic mass is 16.5. The molecule has 0 spiro atoms. The van der Waals surface area contributed by atoms with E-state index in [1.165, 1.54) is 0 Å². The van der Waals surface area contributed by atoms with Gasteiger partial charge in [-0.3, -0.25) is 4.79 Å². The number of H-pyrrole nitrogens is 1. The molecule has 1 N–H and O–H groups in total. The molecule has 8 nitrogen and oxygen atoms in total. The molecule has 0 unspecified atom stereocenters. The van der Waals surface area contributed by atoms with E-state index in [0.29, 0.717) is 24.5 Å². The van der Waals surface area contributed by atoms with Gasteiger partial charge in [0, 0.05) is 43.0 Å². The molecule has 4 rings (SSSR count). The number of amides is 1. The molecule has 0 bridgehead atoms. The maximum atomic E-state index is 12.8. The normalized spacial score (nSPS) is 14.3. The van der Waals surface area contributed by atoms with Crippen molar-refractivity contribution in [2.45, 2.75) is 0 Å². The predicted octanol–water partition coefficient (Wildman–Crippen LogP) is 1.84. The van der Waals surface area contributed by atoms with Gasteiger partial charge in [-0.1, -0.05) is 12.1 Å². The van der Waals surface area contributed by atoms with Crippen LogP contribution < -0.4 is 9.64 Å². The second-order valence-electron chi connectivity index (χ2n) is 6.29. The monoisotopic (exact) mass is 364 g/mol. The molecule has 0 aliphatic carbocycles. The summed E-state index contributed by atoms with van der Waals surface area (Å²) in [5.41, 5.74) is 2.64. The molecule has 0 saturated carbocycles. The van der Waals surface area contributed by atoms with Gasteiger partial charge in [-0.15, -0.1) is 10.2 Å². The van der Waals surface area contributed by atoms with Crippen LogP contribution in [0.15, 0.2) is 48.5 Å². The molecule has 27 heavy (non-hydrogen) atoms. The van der Waals surface area contributed by atoms with Crippen LogP contribution in [0.5, 0.6) is 5.75 Å². The number of methoxy groups -OCH3 is 1. The maximum Gasteiger partial charge on any atom is 0.253 e. The molecule has 0 radical (unpaired) electrons. The minimum Gasteiger partial charge on any atom is -0.497 e. The van der Waals surface area contributed by atoms with E-state index >= 15 is 0 Å². The second-order valence-corrected chi connectivity index (χ2v) is 6.29. The molecule has 2 aromatic carbocycles. The molecular weight excluding hydrogens is 344 g/mol. The summed E-state index contributed by atoms with van der Waals surface area (Å²) in [6.07, 6.45) is 0. The number of nitrogens with one attached hydrogen (secondary N) is 1. The first-order valence-corrected chi connectivity index (χ1v) is 8.77. The van der Waals surface area contributed by atoms with Gasteiger partial charge in [0.15, 0.2) is 0 Å². The summed E-state index contributed by atoms with van der Waals surface area (Å²) in [5.74, 6) is 1.41. The fourth-order valence-corrected chi connectivity index (χ4v) is 3.19. The predicted molar refractivity (Wildman–Crippen MR) is 101 cm³/mol. The van der Waals surface area contributed by atoms with Gasteiger partial charge < -0.3 is 14.5 Å². The first-order valence-electron chi connectivity index (χ1n) is 8.77. The van der Waals surface area contributed by atoms with Gasteiger partial charge in [0.05, 0.1) is 7.11 Å². The zero-order valence-electron chi connectivity index (χ0n) is 15.0. The number of aromatic amines is 1. The van der Waals surface area contributed by atoms with Crippen LogP contribution in [0.2, 0.25) is 0 Å². The standard InChI is InChI=1S/C19H20N6O2/c1-27-17-8-6-16(7-9-17)24-10-12-25(13-11-24)19(26)15-4-2-14(3-5-15)18-20-22-23-21-18/h2-9H,10-13H2,1H3,(H,20,21,22,23). The van der Waals surface area contributed by atoms with Crippen molar-refractivity contribution < 1.29 is 9.53 Å². The maximum absolute atomic E-state index is 12.8. The summed E-state index contributed by atoms with van der Waals surface area (Å²) < 4.78 is 5.20. The Morgan fingerprint density at radius 3 is 2.30 bits per heavy atom. The third kappa shape index (κ3) is 3.59. The lowest BCUT2D eigenvalue weighted by Crippen LogP contribution is -2.48. The Morgan fingerprint density at radius 1 is 1.00 bits per heavy atom. The van der Waals surface area contributed by atoms with Crippen molar-refractivity contribution in [3.8, 4) is 17.1 Å². The molecule has 0 atom stereocenters. The lowest BCUT2D eigenvalue weighted by atomic mass is 10.1. The Bertz CT molecular complexity index is 885. The SMILES string of the molecule is COc1ccc(N2CCN(C(=O)c3ccc(-c4nn[nH]n4)cc3)CC2)cc1. The summed E-state index contributed by atoms with van der Waals surface area (Å²) in [4.78, 5) is 16.9. The largest absolute Gasteiger partial charge is 0.497 e. The highest BCUT2D eigenvalue weighted by molar-refractivity contribution is 5.94. The molecule has 1 amide bonds. The lowest BCUT2D eigenvalue weighted by molar-refractivity contribution is 0.0747. The Labute approximate surface area is 156 Å². The molecule has 1 aliphatic rings. The highest BCUT2D eigenvalue weighted by Crippen LogP contribution is 2.21. The number of carbonyl (C=O) groups excluding carboxylic acids is 1. The minimum atomic E-state index is 0.0454. The zero-order valence-corrected chi connectivity index (χ0v) is 15.0. The van der Waals surface area contributed by atoms with Gasteiger partial charge >= 0.3 is 0 Å². The minimum absolute atomic E-state index is 0.0454. The Kier molecular flexibility index (Phi) is 4.69. The Morgan fingerprint density at radius 2 is 1.70 bits per heavy atom. The van der Waals surface area contributed by atoms with Crippen molar-refractivity contribution in [1.82, 2.24) is 25.5 Å². The summed E-state index contributed by atoms with van der Waals surface area (Å²) >= 11 is 0. The van der Waals surface area contributed by atoms with Crippen LogP contribution in [-0.2, 0) is 0 Å². The van der Waals surface area contributed by atoms with E-state index in [1.807, 2.05) is 53.4 Å². The first-order chi connectivity index (χ1) is 13.2. The number of nitrogens with zero attached hydrogens (tertiary/aromatic N) is 5. The summed E-state index contributed by atoms with van der Waals surface area (Å²) in [6, 6.07) is 15.3. The van der Waals surface area contributed by atoms with Gasteiger partial charge in [0.2, 0.25) is 5.82 Å². The smallest absolute Gasteiger partial charge is 0.253 e. The van der Waals surface area contributed by atoms with Crippen LogP contribution in [0.25, 0.3) is 11.4 Å². The summed E-state index contributed by atoms with van der Waals surface area (Å²) in [6.45, 7) is 2.99. The van der Waals surface area contributed by atoms with Crippen molar-refractivity contribution in [3.05, 3.63) is 54.1 Å². The Hall–Kier alpha value is -3.42. The molecule has 2 heterocycles. The number of hydrogen-bond donors (Lipinski definition) is 1. The van der Waals surface area contributed by atoms with Crippen molar-refractivity contribution in [2.24, 2.45) is 0 Å². The van der Waals surface area contributed by atoms with Gasteiger partial charge in [0.1, 0.15) is 5.75 Å². The first kappa shape index (κ1) is 17.0. The van der Waals surface area contributed by atoms with Crippen LogP contribution in [0.4, 0.5) is 5.69 Å². The van der Waals surface area contributed by atoms with Crippen LogP contribution in [0.3, 0.4) is 0 Å². The molecule has 3 aromatic rings. The van der Waals surface area contributed by atoms with E-state index in [2.05, 4.69) is 25.5 Å². The van der Waals surface area contributed by atoms with E-state index in [-0.39, 0.29) is 5.91 Å². The molecule has 1 aromatic heterocycles. The fourth-order valence-electron chi connectivity index (χ4n) is 3.19. The number of hydrogen-bond acceptors (Lipinski definition) is 6. The second kappa shape index (κ2) is 7.45. The average molecular weight is 364 g/mol. The third-order valence-electron chi connectivity index (χ3n) is 4.74.